The number of rotatable bonds is 38. The van der Waals surface area contributed by atoms with Gasteiger partial charge >= 0.3 is 6.09 Å². The largest absolute Gasteiger partial charge is 0.448 e. The maximum Gasteiger partial charge on any atom is 0.409 e. The highest BCUT2D eigenvalue weighted by atomic mass is 16.6. The van der Waals surface area contributed by atoms with Crippen molar-refractivity contribution in [3.05, 3.63) is 59.7 Å². The smallest absolute Gasteiger partial charge is 0.409 e. The second-order valence-corrected chi connectivity index (χ2v) is 14.2. The molecule has 0 bridgehead atoms. The Hall–Kier alpha value is -2.61. The molecule has 0 aromatic heterocycles. The van der Waals surface area contributed by atoms with Gasteiger partial charge in [0.1, 0.15) is 6.61 Å². The van der Waals surface area contributed by atoms with Crippen molar-refractivity contribution in [3.8, 4) is 11.1 Å². The van der Waals surface area contributed by atoms with E-state index in [4.69, 9.17) is 42.6 Å². The number of nitrogens with zero attached hydrogens (tertiary/aromatic N) is 1. The van der Waals surface area contributed by atoms with E-state index in [1.165, 1.54) is 86.5 Å². The molecular formula is C45H73NO10. The molecule has 1 amide bonds. The summed E-state index contributed by atoms with van der Waals surface area (Å²) in [6.45, 7) is 11.5. The lowest BCUT2D eigenvalue weighted by Crippen LogP contribution is -2.32. The van der Waals surface area contributed by atoms with Crippen LogP contribution in [0.25, 0.3) is 11.1 Å². The van der Waals surface area contributed by atoms with Crippen LogP contribution >= 0.6 is 0 Å². The highest BCUT2D eigenvalue weighted by molar-refractivity contribution is 5.79. The summed E-state index contributed by atoms with van der Waals surface area (Å²) >= 11 is 0. The Morgan fingerprint density at radius 3 is 1.21 bits per heavy atom. The first kappa shape index (κ1) is 47.8. The molecule has 0 N–H and O–H groups in total. The van der Waals surface area contributed by atoms with Crippen LogP contribution in [0.4, 0.5) is 4.79 Å². The fourth-order valence-corrected chi connectivity index (χ4v) is 6.51. The highest BCUT2D eigenvalue weighted by Crippen LogP contribution is 2.44. The molecule has 2 aromatic rings. The summed E-state index contributed by atoms with van der Waals surface area (Å²) in [4.78, 5) is 14.2. The Bertz CT molecular complexity index is 1190. The van der Waals surface area contributed by atoms with Crippen LogP contribution in [-0.4, -0.2) is 137 Å². The van der Waals surface area contributed by atoms with Crippen LogP contribution in [0, 0.1) is 0 Å². The number of likely N-dealkylation sites (N-methyl/N-ethyl adjacent to an activating group) is 1. The van der Waals surface area contributed by atoms with Gasteiger partial charge in [-0.05, 0) is 28.7 Å². The molecule has 0 fully saturated rings. The number of carbonyl (C=O) groups is 1. The summed E-state index contributed by atoms with van der Waals surface area (Å²) in [5.74, 6) is 0.0437. The standard InChI is InChI=1S/C45H73NO10/c1-3-4-5-6-7-8-9-10-11-12-17-23-48-25-27-50-29-31-52-33-35-54-37-38-55-36-34-53-32-30-51-28-26-49-24-22-46(2)45(47)56-39-44-42-20-15-13-18-40(42)41-19-14-16-21-43(41)44/h13-16,18-21,44H,3-12,17,22-39H2,1-2H3. The van der Waals surface area contributed by atoms with Gasteiger partial charge < -0.3 is 47.5 Å². The van der Waals surface area contributed by atoms with Gasteiger partial charge in [-0.15, -0.1) is 0 Å². The van der Waals surface area contributed by atoms with Gasteiger partial charge in [0, 0.05) is 26.1 Å². The molecule has 1 aliphatic carbocycles. The first-order valence-electron chi connectivity index (χ1n) is 21.4. The molecule has 0 radical (unpaired) electrons. The van der Waals surface area contributed by atoms with E-state index in [1.54, 1.807) is 11.9 Å². The lowest BCUT2D eigenvalue weighted by atomic mass is 9.98. The van der Waals surface area contributed by atoms with Crippen LogP contribution in [-0.2, 0) is 42.6 Å². The first-order chi connectivity index (χ1) is 27.7. The Morgan fingerprint density at radius 1 is 0.464 bits per heavy atom. The van der Waals surface area contributed by atoms with E-state index in [2.05, 4.69) is 31.2 Å². The third-order valence-electron chi connectivity index (χ3n) is 9.72. The first-order valence-corrected chi connectivity index (χ1v) is 21.4. The number of fused-ring (bicyclic) bond motifs is 3. The molecule has 0 unspecified atom stereocenters. The Balaban J connectivity index is 0.961. The van der Waals surface area contributed by atoms with Gasteiger partial charge in [-0.3, -0.25) is 0 Å². The van der Waals surface area contributed by atoms with E-state index < -0.39 is 0 Å². The van der Waals surface area contributed by atoms with Gasteiger partial charge in [-0.1, -0.05) is 120 Å². The van der Waals surface area contributed by atoms with E-state index in [0.29, 0.717) is 112 Å². The minimum atomic E-state index is -0.358. The number of ether oxygens (including phenoxy) is 9. The van der Waals surface area contributed by atoms with Gasteiger partial charge in [-0.2, -0.15) is 0 Å². The molecule has 0 saturated heterocycles. The molecule has 318 valence electrons. The van der Waals surface area contributed by atoms with Crippen molar-refractivity contribution in [2.45, 2.75) is 83.5 Å². The zero-order valence-corrected chi connectivity index (χ0v) is 34.7. The van der Waals surface area contributed by atoms with Crippen molar-refractivity contribution in [1.29, 1.82) is 0 Å². The van der Waals surface area contributed by atoms with Gasteiger partial charge in [0.05, 0.1) is 99.1 Å². The average Bonchev–Trinajstić information content (AvgIpc) is 3.54. The monoisotopic (exact) mass is 788 g/mol. The summed E-state index contributed by atoms with van der Waals surface area (Å²) in [6, 6.07) is 16.6. The molecule has 3 rings (SSSR count). The topological polar surface area (TPSA) is 103 Å². The summed E-state index contributed by atoms with van der Waals surface area (Å²) in [5.41, 5.74) is 4.82. The van der Waals surface area contributed by atoms with Crippen molar-refractivity contribution in [3.63, 3.8) is 0 Å². The summed E-state index contributed by atoms with van der Waals surface area (Å²) in [7, 11) is 1.72. The van der Waals surface area contributed by atoms with Crippen LogP contribution in [0.3, 0.4) is 0 Å². The van der Waals surface area contributed by atoms with E-state index in [9.17, 15) is 4.79 Å². The predicted molar refractivity (Wildman–Crippen MR) is 221 cm³/mol. The Morgan fingerprint density at radius 2 is 0.804 bits per heavy atom. The zero-order chi connectivity index (χ0) is 39.6. The molecule has 56 heavy (non-hydrogen) atoms. The summed E-state index contributed by atoms with van der Waals surface area (Å²) in [6.07, 6.45) is 14.5. The minimum absolute atomic E-state index is 0.0437. The quantitative estimate of drug-likeness (QED) is 0.0618. The van der Waals surface area contributed by atoms with Crippen molar-refractivity contribution in [1.82, 2.24) is 4.90 Å². The fraction of sp³-hybridized carbons (Fsp3) is 0.711. The average molecular weight is 788 g/mol. The second kappa shape index (κ2) is 33.4. The van der Waals surface area contributed by atoms with Crippen molar-refractivity contribution < 1.29 is 47.4 Å². The normalized spacial score (nSPS) is 12.2. The van der Waals surface area contributed by atoms with E-state index in [1.807, 2.05) is 24.3 Å². The Kier molecular flexibility index (Phi) is 28.5. The second-order valence-electron chi connectivity index (χ2n) is 14.2. The summed E-state index contributed by atoms with van der Waals surface area (Å²) < 4.78 is 50.3. The number of benzene rings is 2. The number of unbranched alkanes of at least 4 members (excludes halogenated alkanes) is 10. The van der Waals surface area contributed by atoms with Crippen molar-refractivity contribution in [2.24, 2.45) is 0 Å². The van der Waals surface area contributed by atoms with Crippen LogP contribution in [0.15, 0.2) is 48.5 Å². The molecular weight excluding hydrogens is 714 g/mol. The van der Waals surface area contributed by atoms with Gasteiger partial charge in [-0.25, -0.2) is 4.79 Å². The summed E-state index contributed by atoms with van der Waals surface area (Å²) in [5, 5.41) is 0. The molecule has 0 spiro atoms. The Labute approximate surface area is 337 Å². The van der Waals surface area contributed by atoms with Crippen molar-refractivity contribution >= 4 is 6.09 Å². The SMILES string of the molecule is CCCCCCCCCCCCCOCCOCCOCCOCCOCCOCCOCCOCCN(C)C(=O)OCC1c2ccccc2-c2ccccc21. The molecule has 11 nitrogen and oxygen atoms in total. The third kappa shape index (κ3) is 21.8. The number of amides is 1. The molecule has 1 aliphatic rings. The van der Waals surface area contributed by atoms with E-state index >= 15 is 0 Å². The molecule has 2 aromatic carbocycles. The highest BCUT2D eigenvalue weighted by Gasteiger charge is 2.29. The van der Waals surface area contributed by atoms with E-state index in [-0.39, 0.29) is 12.0 Å². The zero-order valence-electron chi connectivity index (χ0n) is 34.7. The van der Waals surface area contributed by atoms with Gasteiger partial charge in [0.15, 0.2) is 0 Å². The fourth-order valence-electron chi connectivity index (χ4n) is 6.51. The molecule has 0 aliphatic heterocycles. The molecule has 11 heteroatoms. The lowest BCUT2D eigenvalue weighted by Gasteiger charge is -2.19. The van der Waals surface area contributed by atoms with Crippen LogP contribution in [0.5, 0.6) is 0 Å². The van der Waals surface area contributed by atoms with Gasteiger partial charge in [0.2, 0.25) is 0 Å². The minimum Gasteiger partial charge on any atom is -0.448 e. The van der Waals surface area contributed by atoms with E-state index in [0.717, 1.165) is 13.0 Å². The van der Waals surface area contributed by atoms with Crippen LogP contribution < -0.4 is 0 Å². The van der Waals surface area contributed by atoms with Crippen LogP contribution in [0.2, 0.25) is 0 Å². The maximum absolute atomic E-state index is 12.6. The van der Waals surface area contributed by atoms with Crippen molar-refractivity contribution in [2.75, 3.05) is 126 Å². The third-order valence-corrected chi connectivity index (χ3v) is 9.72. The predicted octanol–water partition coefficient (Wildman–Crippen LogP) is 8.31. The number of hydrogen-bond donors (Lipinski definition) is 0. The lowest BCUT2D eigenvalue weighted by molar-refractivity contribution is -0.0234. The van der Waals surface area contributed by atoms with Gasteiger partial charge in [0.25, 0.3) is 0 Å². The maximum atomic E-state index is 12.6. The van der Waals surface area contributed by atoms with Crippen LogP contribution in [0.1, 0.15) is 94.6 Å². The molecule has 0 saturated carbocycles. The number of hydrogen-bond acceptors (Lipinski definition) is 10. The molecule has 0 heterocycles. The molecule has 0 atom stereocenters. The number of carbonyl (C=O) groups excluding carboxylic acids is 1.